The van der Waals surface area contributed by atoms with Crippen LogP contribution in [-0.4, -0.2) is 35.2 Å². The van der Waals surface area contributed by atoms with E-state index in [4.69, 9.17) is 0 Å². The first-order valence-corrected chi connectivity index (χ1v) is 5.60. The van der Waals surface area contributed by atoms with Crippen LogP contribution in [0.3, 0.4) is 0 Å². The Kier molecular flexibility index (Phi) is 2.61. The molecule has 76 valence electrons. The summed E-state index contributed by atoms with van der Waals surface area (Å²) in [6.07, 6.45) is 4.11. The standard InChI is InChI=1S/C11H21NO/c1-8-6-12(10-4-3-5-10)7-9(2)11(8)13/h8-11,13H,3-7H2,1-2H3. The molecule has 0 radical (unpaired) electrons. The average molecular weight is 183 g/mol. The van der Waals surface area contributed by atoms with Crippen LogP contribution in [0, 0.1) is 11.8 Å². The van der Waals surface area contributed by atoms with E-state index in [0.29, 0.717) is 11.8 Å². The van der Waals surface area contributed by atoms with Crippen molar-refractivity contribution in [1.82, 2.24) is 4.90 Å². The van der Waals surface area contributed by atoms with Crippen LogP contribution in [0.15, 0.2) is 0 Å². The first-order chi connectivity index (χ1) is 6.18. The quantitative estimate of drug-likeness (QED) is 0.665. The molecule has 2 rings (SSSR count). The Morgan fingerprint density at radius 1 is 1.08 bits per heavy atom. The monoisotopic (exact) mass is 183 g/mol. The molecule has 2 atom stereocenters. The minimum absolute atomic E-state index is 0.0728. The lowest BCUT2D eigenvalue weighted by atomic mass is 9.83. The zero-order valence-electron chi connectivity index (χ0n) is 8.74. The van der Waals surface area contributed by atoms with Gasteiger partial charge in [-0.3, -0.25) is 4.90 Å². The maximum Gasteiger partial charge on any atom is 0.0615 e. The summed E-state index contributed by atoms with van der Waals surface area (Å²) in [5.41, 5.74) is 0. The number of hydrogen-bond donors (Lipinski definition) is 1. The third-order valence-electron chi connectivity index (χ3n) is 3.80. The van der Waals surface area contributed by atoms with E-state index in [2.05, 4.69) is 18.7 Å². The van der Waals surface area contributed by atoms with Crippen molar-refractivity contribution in [2.24, 2.45) is 11.8 Å². The summed E-state index contributed by atoms with van der Waals surface area (Å²) in [7, 11) is 0. The zero-order chi connectivity index (χ0) is 9.42. The second-order valence-corrected chi connectivity index (χ2v) is 4.98. The number of aliphatic hydroxyl groups excluding tert-OH is 1. The highest BCUT2D eigenvalue weighted by atomic mass is 16.3. The molecule has 2 unspecified atom stereocenters. The molecule has 2 aliphatic rings. The Labute approximate surface area is 80.9 Å². The van der Waals surface area contributed by atoms with Crippen LogP contribution in [0.5, 0.6) is 0 Å². The second kappa shape index (κ2) is 3.58. The summed E-state index contributed by atoms with van der Waals surface area (Å²) in [5.74, 6) is 0.925. The van der Waals surface area contributed by atoms with Gasteiger partial charge in [0.25, 0.3) is 0 Å². The van der Waals surface area contributed by atoms with Crippen LogP contribution in [0.2, 0.25) is 0 Å². The molecule has 0 aromatic heterocycles. The van der Waals surface area contributed by atoms with Gasteiger partial charge in [-0.15, -0.1) is 0 Å². The van der Waals surface area contributed by atoms with Crippen LogP contribution in [0.4, 0.5) is 0 Å². The van der Waals surface area contributed by atoms with Gasteiger partial charge in [0, 0.05) is 19.1 Å². The fourth-order valence-corrected chi connectivity index (χ4v) is 2.64. The van der Waals surface area contributed by atoms with E-state index in [9.17, 15) is 5.11 Å². The number of nitrogens with zero attached hydrogens (tertiary/aromatic N) is 1. The van der Waals surface area contributed by atoms with E-state index in [1.165, 1.54) is 19.3 Å². The zero-order valence-corrected chi connectivity index (χ0v) is 8.74. The summed E-state index contributed by atoms with van der Waals surface area (Å²) in [4.78, 5) is 2.59. The van der Waals surface area contributed by atoms with Crippen molar-refractivity contribution in [3.8, 4) is 0 Å². The Balaban J connectivity index is 1.92. The van der Waals surface area contributed by atoms with Gasteiger partial charge in [-0.05, 0) is 24.7 Å². The number of likely N-dealkylation sites (tertiary alicyclic amines) is 1. The average Bonchev–Trinajstić information content (AvgIpc) is 1.96. The summed E-state index contributed by atoms with van der Waals surface area (Å²) >= 11 is 0. The van der Waals surface area contributed by atoms with Crippen LogP contribution in [0.25, 0.3) is 0 Å². The molecule has 1 saturated carbocycles. The van der Waals surface area contributed by atoms with Crippen molar-refractivity contribution in [2.45, 2.75) is 45.3 Å². The molecule has 0 aromatic rings. The largest absolute Gasteiger partial charge is 0.392 e. The van der Waals surface area contributed by atoms with Gasteiger partial charge in [0.2, 0.25) is 0 Å². The predicted octanol–water partition coefficient (Wildman–Crippen LogP) is 1.49. The van der Waals surface area contributed by atoms with Gasteiger partial charge < -0.3 is 5.11 Å². The molecule has 0 spiro atoms. The van der Waals surface area contributed by atoms with E-state index in [1.807, 2.05) is 0 Å². The normalized spacial score (nSPS) is 43.2. The minimum Gasteiger partial charge on any atom is -0.392 e. The van der Waals surface area contributed by atoms with Crippen LogP contribution in [0.1, 0.15) is 33.1 Å². The maximum atomic E-state index is 9.81. The topological polar surface area (TPSA) is 23.5 Å². The highest BCUT2D eigenvalue weighted by Crippen LogP contribution is 2.30. The predicted molar refractivity (Wildman–Crippen MR) is 53.5 cm³/mol. The number of rotatable bonds is 1. The molecule has 2 nitrogen and oxygen atoms in total. The summed E-state index contributed by atoms with van der Waals surface area (Å²) in [6, 6.07) is 0.845. The smallest absolute Gasteiger partial charge is 0.0615 e. The Bertz CT molecular complexity index is 167. The molecular formula is C11H21NO. The van der Waals surface area contributed by atoms with Crippen molar-refractivity contribution < 1.29 is 5.11 Å². The van der Waals surface area contributed by atoms with Gasteiger partial charge in [-0.25, -0.2) is 0 Å². The van der Waals surface area contributed by atoms with Gasteiger partial charge in [0.1, 0.15) is 0 Å². The van der Waals surface area contributed by atoms with Gasteiger partial charge >= 0.3 is 0 Å². The molecule has 1 saturated heterocycles. The lowest BCUT2D eigenvalue weighted by Crippen LogP contribution is -2.53. The van der Waals surface area contributed by atoms with Crippen molar-refractivity contribution in [3.63, 3.8) is 0 Å². The van der Waals surface area contributed by atoms with Crippen molar-refractivity contribution in [2.75, 3.05) is 13.1 Å². The van der Waals surface area contributed by atoms with Crippen LogP contribution < -0.4 is 0 Å². The van der Waals surface area contributed by atoms with Gasteiger partial charge in [-0.2, -0.15) is 0 Å². The van der Waals surface area contributed by atoms with E-state index >= 15 is 0 Å². The van der Waals surface area contributed by atoms with Crippen molar-refractivity contribution in [1.29, 1.82) is 0 Å². The third-order valence-corrected chi connectivity index (χ3v) is 3.80. The van der Waals surface area contributed by atoms with Crippen LogP contribution >= 0.6 is 0 Å². The third kappa shape index (κ3) is 1.75. The molecule has 1 N–H and O–H groups in total. The van der Waals surface area contributed by atoms with Gasteiger partial charge in [0.05, 0.1) is 6.10 Å². The fraction of sp³-hybridized carbons (Fsp3) is 1.00. The highest BCUT2D eigenvalue weighted by Gasteiger charge is 2.35. The number of aliphatic hydroxyl groups is 1. The fourth-order valence-electron chi connectivity index (χ4n) is 2.64. The lowest BCUT2D eigenvalue weighted by Gasteiger charge is -2.45. The molecule has 1 heterocycles. The summed E-state index contributed by atoms with van der Waals surface area (Å²) in [5, 5.41) is 9.81. The van der Waals surface area contributed by atoms with Crippen molar-refractivity contribution in [3.05, 3.63) is 0 Å². The van der Waals surface area contributed by atoms with Gasteiger partial charge in [0.15, 0.2) is 0 Å². The summed E-state index contributed by atoms with van der Waals surface area (Å²) < 4.78 is 0. The molecule has 0 amide bonds. The molecule has 0 bridgehead atoms. The highest BCUT2D eigenvalue weighted by molar-refractivity contribution is 4.88. The van der Waals surface area contributed by atoms with Crippen molar-refractivity contribution >= 4 is 0 Å². The van der Waals surface area contributed by atoms with Crippen LogP contribution in [-0.2, 0) is 0 Å². The molecule has 0 aromatic carbocycles. The Hall–Kier alpha value is -0.0800. The Morgan fingerprint density at radius 3 is 2.00 bits per heavy atom. The van der Waals surface area contributed by atoms with E-state index in [0.717, 1.165) is 19.1 Å². The first-order valence-electron chi connectivity index (χ1n) is 5.60. The second-order valence-electron chi connectivity index (χ2n) is 4.98. The number of piperidine rings is 1. The maximum absolute atomic E-state index is 9.81. The molecule has 2 fully saturated rings. The van der Waals surface area contributed by atoms with E-state index in [-0.39, 0.29) is 6.10 Å². The Morgan fingerprint density at radius 2 is 1.62 bits per heavy atom. The molecule has 1 aliphatic heterocycles. The molecular weight excluding hydrogens is 162 g/mol. The van der Waals surface area contributed by atoms with E-state index < -0.39 is 0 Å². The SMILES string of the molecule is CC1CN(C2CCC2)CC(C)C1O. The van der Waals surface area contributed by atoms with E-state index in [1.54, 1.807) is 0 Å². The van der Waals surface area contributed by atoms with Gasteiger partial charge in [-0.1, -0.05) is 20.3 Å². The molecule has 13 heavy (non-hydrogen) atoms. The molecule has 2 heteroatoms. The minimum atomic E-state index is -0.0728. The first kappa shape index (κ1) is 9.47. The summed E-state index contributed by atoms with van der Waals surface area (Å²) in [6.45, 7) is 6.56. The number of hydrogen-bond acceptors (Lipinski definition) is 2. The molecule has 1 aliphatic carbocycles. The lowest BCUT2D eigenvalue weighted by molar-refractivity contribution is -0.0356.